The third-order valence-electron chi connectivity index (χ3n) is 3.13. The van der Waals surface area contributed by atoms with Crippen molar-refractivity contribution in [2.24, 2.45) is 0 Å². The minimum atomic E-state index is 0.0105. The van der Waals surface area contributed by atoms with Gasteiger partial charge < -0.3 is 10.1 Å². The van der Waals surface area contributed by atoms with Gasteiger partial charge in [0, 0.05) is 6.54 Å². The lowest BCUT2D eigenvalue weighted by Crippen LogP contribution is -2.27. The average Bonchev–Trinajstić information content (AvgIpc) is 2.78. The molecule has 0 aromatic heterocycles. The maximum atomic E-state index is 5.91. The van der Waals surface area contributed by atoms with Gasteiger partial charge in [-0.25, -0.2) is 0 Å². The van der Waals surface area contributed by atoms with Crippen molar-refractivity contribution in [3.8, 4) is 0 Å². The summed E-state index contributed by atoms with van der Waals surface area (Å²) < 4.78 is 5.91. The van der Waals surface area contributed by atoms with Crippen LogP contribution in [0.2, 0.25) is 0 Å². The highest BCUT2D eigenvalue weighted by Gasteiger charge is 2.41. The van der Waals surface area contributed by atoms with Crippen molar-refractivity contribution in [1.82, 2.24) is 5.32 Å². The molecule has 68 valence electrons. The number of fused-ring (bicyclic) bond motifs is 2. The molecule has 13 heavy (non-hydrogen) atoms. The summed E-state index contributed by atoms with van der Waals surface area (Å²) in [5.74, 6) is 0. The first kappa shape index (κ1) is 7.54. The molecule has 0 aliphatic carbocycles. The molecule has 0 bridgehead atoms. The third kappa shape index (κ3) is 0.960. The summed E-state index contributed by atoms with van der Waals surface area (Å²) >= 11 is 0. The van der Waals surface area contributed by atoms with Crippen LogP contribution in [0.3, 0.4) is 0 Å². The molecule has 0 radical (unpaired) electrons. The highest BCUT2D eigenvalue weighted by Crippen LogP contribution is 2.40. The topological polar surface area (TPSA) is 21.3 Å². The fourth-order valence-corrected chi connectivity index (χ4v) is 2.41. The summed E-state index contributed by atoms with van der Waals surface area (Å²) in [5, 5.41) is 3.37. The van der Waals surface area contributed by atoms with E-state index >= 15 is 0 Å². The Balaban J connectivity index is 2.11. The van der Waals surface area contributed by atoms with E-state index in [1.165, 1.54) is 11.1 Å². The summed E-state index contributed by atoms with van der Waals surface area (Å²) in [6.07, 6.45) is 1.12. The van der Waals surface area contributed by atoms with Gasteiger partial charge in [-0.2, -0.15) is 0 Å². The summed E-state index contributed by atoms with van der Waals surface area (Å²) in [4.78, 5) is 0. The van der Waals surface area contributed by atoms with E-state index in [0.717, 1.165) is 26.1 Å². The van der Waals surface area contributed by atoms with Gasteiger partial charge in [0.1, 0.15) is 5.60 Å². The second-order valence-corrected chi connectivity index (χ2v) is 3.87. The highest BCUT2D eigenvalue weighted by molar-refractivity contribution is 5.36. The van der Waals surface area contributed by atoms with Gasteiger partial charge in [0.05, 0.1) is 6.61 Å². The van der Waals surface area contributed by atoms with Gasteiger partial charge in [0.15, 0.2) is 0 Å². The molecule has 0 unspecified atom stereocenters. The zero-order valence-corrected chi connectivity index (χ0v) is 7.55. The van der Waals surface area contributed by atoms with E-state index in [-0.39, 0.29) is 5.60 Å². The predicted molar refractivity (Wildman–Crippen MR) is 50.4 cm³/mol. The number of hydrogen-bond acceptors (Lipinski definition) is 2. The summed E-state index contributed by atoms with van der Waals surface area (Å²) in [6, 6.07) is 8.56. The fraction of sp³-hybridized carbons (Fsp3) is 0.455. The van der Waals surface area contributed by atoms with Crippen molar-refractivity contribution in [3.63, 3.8) is 0 Å². The number of ether oxygens (including phenoxy) is 1. The van der Waals surface area contributed by atoms with Crippen LogP contribution in [0.1, 0.15) is 17.5 Å². The van der Waals surface area contributed by atoms with E-state index in [1.807, 2.05) is 0 Å². The average molecular weight is 175 g/mol. The quantitative estimate of drug-likeness (QED) is 0.643. The van der Waals surface area contributed by atoms with E-state index in [0.29, 0.717) is 0 Å². The zero-order valence-electron chi connectivity index (χ0n) is 7.55. The van der Waals surface area contributed by atoms with Gasteiger partial charge in [-0.15, -0.1) is 0 Å². The minimum absolute atomic E-state index is 0.0105. The normalized spacial score (nSPS) is 31.1. The van der Waals surface area contributed by atoms with Crippen molar-refractivity contribution in [2.45, 2.75) is 18.6 Å². The summed E-state index contributed by atoms with van der Waals surface area (Å²) in [6.45, 7) is 2.84. The fourth-order valence-electron chi connectivity index (χ4n) is 2.41. The Labute approximate surface area is 77.9 Å². The van der Waals surface area contributed by atoms with Crippen LogP contribution in [0.4, 0.5) is 0 Å². The molecular formula is C11H13NO. The number of nitrogens with one attached hydrogen (secondary N) is 1. The molecule has 2 aliphatic rings. The Morgan fingerprint density at radius 1 is 1.31 bits per heavy atom. The van der Waals surface area contributed by atoms with Gasteiger partial charge >= 0.3 is 0 Å². The largest absolute Gasteiger partial charge is 0.364 e. The lowest BCUT2D eigenvalue weighted by Gasteiger charge is -2.22. The molecule has 1 aromatic carbocycles. The SMILES string of the molecule is c1ccc2c(c1)CO[C@]21CCNC1. The third-order valence-corrected chi connectivity index (χ3v) is 3.13. The first-order chi connectivity index (χ1) is 6.41. The van der Waals surface area contributed by atoms with Crippen LogP contribution >= 0.6 is 0 Å². The molecule has 0 amide bonds. The number of benzene rings is 1. The van der Waals surface area contributed by atoms with Crippen molar-refractivity contribution in [1.29, 1.82) is 0 Å². The van der Waals surface area contributed by atoms with Gasteiger partial charge in [-0.05, 0) is 24.1 Å². The Kier molecular flexibility index (Phi) is 1.49. The van der Waals surface area contributed by atoms with Crippen LogP contribution in [0, 0.1) is 0 Å². The van der Waals surface area contributed by atoms with Gasteiger partial charge in [-0.3, -0.25) is 0 Å². The molecule has 1 spiro atoms. The molecule has 2 heteroatoms. The first-order valence-electron chi connectivity index (χ1n) is 4.84. The summed E-state index contributed by atoms with van der Waals surface area (Å²) in [5.41, 5.74) is 2.78. The lowest BCUT2D eigenvalue weighted by molar-refractivity contribution is -0.0218. The molecular weight excluding hydrogens is 162 g/mol. The second kappa shape index (κ2) is 2.56. The minimum Gasteiger partial charge on any atom is -0.364 e. The van der Waals surface area contributed by atoms with Crippen molar-refractivity contribution in [3.05, 3.63) is 35.4 Å². The Morgan fingerprint density at radius 2 is 2.23 bits per heavy atom. The maximum Gasteiger partial charge on any atom is 0.107 e. The van der Waals surface area contributed by atoms with Crippen LogP contribution in [0.25, 0.3) is 0 Å². The van der Waals surface area contributed by atoms with Crippen molar-refractivity contribution >= 4 is 0 Å². The smallest absolute Gasteiger partial charge is 0.107 e. The van der Waals surface area contributed by atoms with Crippen LogP contribution in [-0.2, 0) is 16.9 Å². The zero-order chi connectivity index (χ0) is 8.73. The second-order valence-electron chi connectivity index (χ2n) is 3.87. The molecule has 1 aromatic rings. The number of hydrogen-bond donors (Lipinski definition) is 1. The van der Waals surface area contributed by atoms with Gasteiger partial charge in [0.25, 0.3) is 0 Å². The predicted octanol–water partition coefficient (Wildman–Crippen LogP) is 1.41. The molecule has 2 nitrogen and oxygen atoms in total. The molecule has 1 fully saturated rings. The van der Waals surface area contributed by atoms with E-state index in [1.54, 1.807) is 0 Å². The van der Waals surface area contributed by atoms with Gasteiger partial charge in [-0.1, -0.05) is 24.3 Å². The molecule has 0 saturated carbocycles. The van der Waals surface area contributed by atoms with E-state index in [9.17, 15) is 0 Å². The summed E-state index contributed by atoms with van der Waals surface area (Å²) in [7, 11) is 0. The molecule has 1 N–H and O–H groups in total. The monoisotopic (exact) mass is 175 g/mol. The van der Waals surface area contributed by atoms with E-state index in [4.69, 9.17) is 4.74 Å². The van der Waals surface area contributed by atoms with Crippen molar-refractivity contribution < 1.29 is 4.74 Å². The van der Waals surface area contributed by atoms with Crippen LogP contribution in [0.5, 0.6) is 0 Å². The Hall–Kier alpha value is -0.860. The van der Waals surface area contributed by atoms with E-state index in [2.05, 4.69) is 29.6 Å². The molecule has 2 aliphatic heterocycles. The Morgan fingerprint density at radius 3 is 3.08 bits per heavy atom. The standard InChI is InChI=1S/C11H13NO/c1-2-4-10-9(3-1)7-13-11(10)5-6-12-8-11/h1-4,12H,5-8H2/t11-/m0/s1. The molecule has 1 saturated heterocycles. The Bertz CT molecular complexity index is 329. The van der Waals surface area contributed by atoms with Crippen LogP contribution in [-0.4, -0.2) is 13.1 Å². The van der Waals surface area contributed by atoms with Gasteiger partial charge in [0.2, 0.25) is 0 Å². The molecule has 3 rings (SSSR count). The van der Waals surface area contributed by atoms with E-state index < -0.39 is 0 Å². The lowest BCUT2D eigenvalue weighted by atomic mass is 9.92. The van der Waals surface area contributed by atoms with Crippen LogP contribution < -0.4 is 5.32 Å². The van der Waals surface area contributed by atoms with Crippen LogP contribution in [0.15, 0.2) is 24.3 Å². The van der Waals surface area contributed by atoms with Crippen molar-refractivity contribution in [2.75, 3.05) is 13.1 Å². The highest BCUT2D eigenvalue weighted by atomic mass is 16.5. The molecule has 2 heterocycles. The first-order valence-corrected chi connectivity index (χ1v) is 4.84. The number of rotatable bonds is 0. The molecule has 1 atom stereocenters. The maximum absolute atomic E-state index is 5.91.